The van der Waals surface area contributed by atoms with Crippen molar-refractivity contribution in [1.82, 2.24) is 0 Å². The van der Waals surface area contributed by atoms with Gasteiger partial charge >= 0.3 is 5.97 Å². The van der Waals surface area contributed by atoms with Crippen LogP contribution in [0.2, 0.25) is 0 Å². The van der Waals surface area contributed by atoms with Crippen molar-refractivity contribution in [1.29, 1.82) is 0 Å². The predicted octanol–water partition coefficient (Wildman–Crippen LogP) is 2.33. The van der Waals surface area contributed by atoms with E-state index in [1.54, 1.807) is 0 Å². The fourth-order valence-electron chi connectivity index (χ4n) is 2.61. The van der Waals surface area contributed by atoms with Gasteiger partial charge in [0.1, 0.15) is 6.61 Å². The van der Waals surface area contributed by atoms with Gasteiger partial charge in [-0.25, -0.2) is 0 Å². The number of hydrogen-bond acceptors (Lipinski definition) is 3. The normalized spacial score (nSPS) is 29.6. The van der Waals surface area contributed by atoms with Gasteiger partial charge in [-0.05, 0) is 31.6 Å². The number of carbonyl (C=O) groups excluding carboxylic acids is 1. The van der Waals surface area contributed by atoms with Crippen molar-refractivity contribution in [2.75, 3.05) is 19.8 Å². The van der Waals surface area contributed by atoms with Crippen molar-refractivity contribution >= 4 is 5.97 Å². The molecule has 0 amide bonds. The van der Waals surface area contributed by atoms with Gasteiger partial charge in [-0.2, -0.15) is 0 Å². The molecule has 0 aromatic rings. The third-order valence-corrected chi connectivity index (χ3v) is 3.40. The fourth-order valence-corrected chi connectivity index (χ4v) is 2.61. The number of allylic oxidation sites excluding steroid dienone is 2. The molecular formula is C14H20O3. The first-order valence-corrected chi connectivity index (χ1v) is 6.24. The quantitative estimate of drug-likeness (QED) is 0.403. The lowest BCUT2D eigenvalue weighted by molar-refractivity contribution is -0.150. The molecule has 1 saturated carbocycles. The zero-order chi connectivity index (χ0) is 12.3. The number of hydrogen-bond donors (Lipinski definition) is 0. The Balaban J connectivity index is 1.62. The summed E-state index contributed by atoms with van der Waals surface area (Å²) in [5.41, 5.74) is 0.981. The van der Waals surface area contributed by atoms with Crippen molar-refractivity contribution in [3.63, 3.8) is 0 Å². The van der Waals surface area contributed by atoms with E-state index < -0.39 is 0 Å². The Kier molecular flexibility index (Phi) is 4.00. The van der Waals surface area contributed by atoms with Crippen LogP contribution in [-0.2, 0) is 14.3 Å². The molecule has 2 bridgehead atoms. The van der Waals surface area contributed by atoms with Crippen LogP contribution in [0, 0.1) is 17.8 Å². The topological polar surface area (TPSA) is 35.5 Å². The molecule has 0 spiro atoms. The zero-order valence-corrected chi connectivity index (χ0v) is 10.4. The maximum atomic E-state index is 11.8. The van der Waals surface area contributed by atoms with E-state index in [0.717, 1.165) is 18.4 Å². The van der Waals surface area contributed by atoms with Crippen molar-refractivity contribution in [2.45, 2.75) is 19.8 Å². The van der Waals surface area contributed by atoms with Gasteiger partial charge in [0, 0.05) is 0 Å². The van der Waals surface area contributed by atoms with E-state index >= 15 is 0 Å². The van der Waals surface area contributed by atoms with Crippen LogP contribution in [0.3, 0.4) is 0 Å². The molecule has 94 valence electrons. The minimum absolute atomic E-state index is 0.0548. The minimum atomic E-state index is -0.0548. The molecule has 0 heterocycles. The van der Waals surface area contributed by atoms with E-state index in [1.165, 1.54) is 0 Å². The number of carbonyl (C=O) groups is 1. The van der Waals surface area contributed by atoms with E-state index in [1.807, 2.05) is 6.92 Å². The van der Waals surface area contributed by atoms with Crippen molar-refractivity contribution in [3.05, 3.63) is 24.3 Å². The highest BCUT2D eigenvalue weighted by molar-refractivity contribution is 5.74. The lowest BCUT2D eigenvalue weighted by Gasteiger charge is -2.16. The van der Waals surface area contributed by atoms with E-state index in [2.05, 4.69) is 18.7 Å². The zero-order valence-electron chi connectivity index (χ0n) is 10.4. The second kappa shape index (κ2) is 5.50. The third-order valence-electron chi connectivity index (χ3n) is 3.40. The highest BCUT2D eigenvalue weighted by Gasteiger charge is 2.40. The summed E-state index contributed by atoms with van der Waals surface area (Å²) in [5, 5.41) is 0. The molecule has 0 saturated heterocycles. The molecule has 3 heteroatoms. The fraction of sp³-hybridized carbons (Fsp3) is 0.643. The molecule has 2 aliphatic rings. The Hall–Kier alpha value is -1.09. The van der Waals surface area contributed by atoms with Crippen LogP contribution in [0.1, 0.15) is 19.8 Å². The SMILES string of the molecule is C=C(C)COCCOC(=O)C1CC2C=CC1C2. The first-order chi connectivity index (χ1) is 8.16. The smallest absolute Gasteiger partial charge is 0.309 e. The Labute approximate surface area is 102 Å². The second-order valence-corrected chi connectivity index (χ2v) is 5.06. The molecule has 2 aliphatic carbocycles. The van der Waals surface area contributed by atoms with Gasteiger partial charge in [-0.3, -0.25) is 4.79 Å². The summed E-state index contributed by atoms with van der Waals surface area (Å²) in [6, 6.07) is 0. The average molecular weight is 236 g/mol. The van der Waals surface area contributed by atoms with Crippen LogP contribution in [0.5, 0.6) is 0 Å². The van der Waals surface area contributed by atoms with E-state index in [0.29, 0.717) is 31.7 Å². The van der Waals surface area contributed by atoms with Gasteiger partial charge in [-0.15, -0.1) is 0 Å². The number of ether oxygens (including phenoxy) is 2. The van der Waals surface area contributed by atoms with Crippen molar-refractivity contribution < 1.29 is 14.3 Å². The van der Waals surface area contributed by atoms with Crippen LogP contribution in [0.4, 0.5) is 0 Å². The lowest BCUT2D eigenvalue weighted by Crippen LogP contribution is -2.23. The summed E-state index contributed by atoms with van der Waals surface area (Å²) >= 11 is 0. The lowest BCUT2D eigenvalue weighted by atomic mass is 9.94. The van der Waals surface area contributed by atoms with Crippen LogP contribution in [0.25, 0.3) is 0 Å². The summed E-state index contributed by atoms with van der Waals surface area (Å²) in [6.45, 7) is 6.99. The predicted molar refractivity (Wildman–Crippen MR) is 65.4 cm³/mol. The molecule has 1 fully saturated rings. The van der Waals surface area contributed by atoms with Crippen molar-refractivity contribution in [2.24, 2.45) is 17.8 Å². The first kappa shape index (κ1) is 12.4. The molecule has 3 unspecified atom stereocenters. The highest BCUT2D eigenvalue weighted by atomic mass is 16.6. The van der Waals surface area contributed by atoms with Gasteiger partial charge in [0.05, 0.1) is 19.1 Å². The Bertz CT molecular complexity index is 332. The first-order valence-electron chi connectivity index (χ1n) is 6.24. The van der Waals surface area contributed by atoms with Gasteiger partial charge in [0.25, 0.3) is 0 Å². The average Bonchev–Trinajstić information content (AvgIpc) is 2.89. The van der Waals surface area contributed by atoms with Crippen LogP contribution < -0.4 is 0 Å². The summed E-state index contributed by atoms with van der Waals surface area (Å²) in [4.78, 5) is 11.8. The van der Waals surface area contributed by atoms with Gasteiger partial charge in [0.2, 0.25) is 0 Å². The summed E-state index contributed by atoms with van der Waals surface area (Å²) in [6.07, 6.45) is 6.49. The maximum absolute atomic E-state index is 11.8. The largest absolute Gasteiger partial charge is 0.463 e. The molecule has 0 aliphatic heterocycles. The molecule has 3 atom stereocenters. The standard InChI is InChI=1S/C14H20O3/c1-10(2)9-16-5-6-17-14(15)13-8-11-3-4-12(13)7-11/h3-4,11-13H,1,5-9H2,2H3. The van der Waals surface area contributed by atoms with Crippen LogP contribution in [-0.4, -0.2) is 25.8 Å². The number of rotatable bonds is 6. The van der Waals surface area contributed by atoms with E-state index in [9.17, 15) is 4.79 Å². The summed E-state index contributed by atoms with van der Waals surface area (Å²) < 4.78 is 10.5. The summed E-state index contributed by atoms with van der Waals surface area (Å²) in [7, 11) is 0. The Morgan fingerprint density at radius 1 is 1.35 bits per heavy atom. The molecule has 17 heavy (non-hydrogen) atoms. The Morgan fingerprint density at radius 2 is 2.18 bits per heavy atom. The molecular weight excluding hydrogens is 216 g/mol. The van der Waals surface area contributed by atoms with E-state index in [4.69, 9.17) is 9.47 Å². The number of esters is 1. The molecule has 0 aromatic heterocycles. The monoisotopic (exact) mass is 236 g/mol. The van der Waals surface area contributed by atoms with Crippen LogP contribution >= 0.6 is 0 Å². The van der Waals surface area contributed by atoms with Gasteiger partial charge in [-0.1, -0.05) is 24.3 Å². The van der Waals surface area contributed by atoms with E-state index in [-0.39, 0.29) is 11.9 Å². The maximum Gasteiger partial charge on any atom is 0.309 e. The highest BCUT2D eigenvalue weighted by Crippen LogP contribution is 2.43. The number of fused-ring (bicyclic) bond motifs is 2. The summed E-state index contributed by atoms with van der Waals surface area (Å²) in [5.74, 6) is 1.06. The molecule has 0 aromatic carbocycles. The molecule has 0 N–H and O–H groups in total. The minimum Gasteiger partial charge on any atom is -0.463 e. The molecule has 2 rings (SSSR count). The van der Waals surface area contributed by atoms with Crippen LogP contribution in [0.15, 0.2) is 24.3 Å². The third kappa shape index (κ3) is 3.19. The van der Waals surface area contributed by atoms with Gasteiger partial charge in [0.15, 0.2) is 0 Å². The van der Waals surface area contributed by atoms with Gasteiger partial charge < -0.3 is 9.47 Å². The Morgan fingerprint density at radius 3 is 2.76 bits per heavy atom. The second-order valence-electron chi connectivity index (χ2n) is 5.06. The molecule has 0 radical (unpaired) electrons. The molecule has 3 nitrogen and oxygen atoms in total. The van der Waals surface area contributed by atoms with Crippen molar-refractivity contribution in [3.8, 4) is 0 Å².